The first-order valence-electron chi connectivity index (χ1n) is 8.00. The zero-order valence-corrected chi connectivity index (χ0v) is 13.6. The zero-order chi connectivity index (χ0) is 15.3. The Morgan fingerprint density at radius 2 is 1.19 bits per heavy atom. The molecule has 0 aliphatic rings. The molecule has 0 fully saturated rings. The molecule has 2 rings (SSSR count). The van der Waals surface area contributed by atoms with Crippen LogP contribution < -0.4 is 0 Å². The summed E-state index contributed by atoms with van der Waals surface area (Å²) in [5, 5.41) is 0. The average molecular weight is 280 g/mol. The lowest BCUT2D eigenvalue weighted by Crippen LogP contribution is -1.83. The number of unbranched alkanes of at least 4 members (excludes halogenated alkanes) is 1. The van der Waals surface area contributed by atoms with E-state index in [0.717, 1.165) is 5.92 Å². The van der Waals surface area contributed by atoms with Crippen LogP contribution in [-0.2, 0) is 0 Å². The summed E-state index contributed by atoms with van der Waals surface area (Å²) in [5.74, 6) is 0.903. The molecular formula is C21H28. The predicted molar refractivity (Wildman–Crippen MR) is 96.2 cm³/mol. The molecule has 0 aromatic heterocycles. The molecule has 0 saturated carbocycles. The highest BCUT2D eigenvalue weighted by Gasteiger charge is 1.88. The monoisotopic (exact) mass is 280 g/mol. The maximum atomic E-state index is 2.27. The molecule has 0 heterocycles. The first kappa shape index (κ1) is 17.2. The third-order valence-electron chi connectivity index (χ3n) is 3.20. The lowest BCUT2D eigenvalue weighted by Gasteiger charge is -1.98. The van der Waals surface area contributed by atoms with Crippen LogP contribution in [0.25, 0.3) is 12.2 Å². The molecule has 0 radical (unpaired) electrons. The minimum absolute atomic E-state index is 0.903. The van der Waals surface area contributed by atoms with Gasteiger partial charge in [0.1, 0.15) is 0 Å². The normalized spacial score (nSPS) is 10.5. The van der Waals surface area contributed by atoms with Gasteiger partial charge in [-0.05, 0) is 17.0 Å². The molecular weight excluding hydrogens is 252 g/mol. The molecule has 112 valence electrons. The van der Waals surface area contributed by atoms with Gasteiger partial charge in [0.2, 0.25) is 0 Å². The van der Waals surface area contributed by atoms with E-state index in [2.05, 4.69) is 57.2 Å². The third kappa shape index (κ3) is 8.86. The van der Waals surface area contributed by atoms with Gasteiger partial charge in [0, 0.05) is 0 Å². The quantitative estimate of drug-likeness (QED) is 0.535. The van der Waals surface area contributed by atoms with Crippen LogP contribution in [0.15, 0.2) is 60.7 Å². The van der Waals surface area contributed by atoms with Gasteiger partial charge in [0.15, 0.2) is 0 Å². The van der Waals surface area contributed by atoms with Crippen LogP contribution in [0.2, 0.25) is 0 Å². The SMILES string of the molecule is C(=C\c1ccccc1)/c1ccccc1.CCCCC(C)C. The second-order valence-corrected chi connectivity index (χ2v) is 5.69. The molecule has 21 heavy (non-hydrogen) atoms. The van der Waals surface area contributed by atoms with Gasteiger partial charge in [0.05, 0.1) is 0 Å². The van der Waals surface area contributed by atoms with Crippen LogP contribution in [0.4, 0.5) is 0 Å². The fraction of sp³-hybridized carbons (Fsp3) is 0.333. The van der Waals surface area contributed by atoms with Crippen molar-refractivity contribution in [1.82, 2.24) is 0 Å². The minimum Gasteiger partial charge on any atom is -0.0654 e. The van der Waals surface area contributed by atoms with Gasteiger partial charge >= 0.3 is 0 Å². The Balaban J connectivity index is 0.000000270. The molecule has 0 saturated heterocycles. The van der Waals surface area contributed by atoms with Crippen molar-refractivity contribution >= 4 is 12.2 Å². The number of benzene rings is 2. The molecule has 0 aliphatic heterocycles. The largest absolute Gasteiger partial charge is 0.0654 e. The molecule has 0 heteroatoms. The first-order chi connectivity index (χ1) is 10.2. The van der Waals surface area contributed by atoms with E-state index in [9.17, 15) is 0 Å². The predicted octanol–water partition coefficient (Wildman–Crippen LogP) is 6.69. The first-order valence-corrected chi connectivity index (χ1v) is 8.00. The summed E-state index contributed by atoms with van der Waals surface area (Å²) in [6.07, 6.45) is 8.39. The van der Waals surface area contributed by atoms with Crippen LogP contribution in [0.3, 0.4) is 0 Å². The number of rotatable bonds is 5. The van der Waals surface area contributed by atoms with Crippen molar-refractivity contribution in [3.05, 3.63) is 71.8 Å². The fourth-order valence-corrected chi connectivity index (χ4v) is 1.93. The molecule has 0 atom stereocenters. The number of hydrogen-bond donors (Lipinski definition) is 0. The molecule has 0 spiro atoms. The van der Waals surface area contributed by atoms with E-state index in [0.29, 0.717) is 0 Å². The van der Waals surface area contributed by atoms with Crippen LogP contribution >= 0.6 is 0 Å². The standard InChI is InChI=1S/C14H12.C7H16/c1-3-7-13(8-4-1)11-12-14-9-5-2-6-10-14;1-4-5-6-7(2)3/h1-12H;7H,4-6H2,1-3H3/b12-11+;. The lowest BCUT2D eigenvalue weighted by atomic mass is 10.1. The Hall–Kier alpha value is -1.82. The number of hydrogen-bond acceptors (Lipinski definition) is 0. The van der Waals surface area contributed by atoms with Gasteiger partial charge in [-0.2, -0.15) is 0 Å². The van der Waals surface area contributed by atoms with E-state index in [1.165, 1.54) is 30.4 Å². The smallest absolute Gasteiger partial charge is 0.0256 e. The van der Waals surface area contributed by atoms with Crippen LogP contribution in [0.5, 0.6) is 0 Å². The Morgan fingerprint density at radius 1 is 0.762 bits per heavy atom. The maximum Gasteiger partial charge on any atom is -0.0256 e. The Morgan fingerprint density at radius 3 is 1.48 bits per heavy atom. The van der Waals surface area contributed by atoms with Crippen molar-refractivity contribution in [2.45, 2.75) is 40.0 Å². The second kappa shape index (κ2) is 10.9. The summed E-state index contributed by atoms with van der Waals surface area (Å²) < 4.78 is 0. The molecule has 2 aromatic rings. The van der Waals surface area contributed by atoms with Crippen LogP contribution in [-0.4, -0.2) is 0 Å². The average Bonchev–Trinajstić information content (AvgIpc) is 2.53. The Labute approximate surface area is 130 Å². The Bertz CT molecular complexity index is 438. The third-order valence-corrected chi connectivity index (χ3v) is 3.20. The maximum absolute atomic E-state index is 2.27. The summed E-state index contributed by atoms with van der Waals surface area (Å²) >= 11 is 0. The topological polar surface area (TPSA) is 0 Å². The molecule has 0 N–H and O–H groups in total. The van der Waals surface area contributed by atoms with Crippen molar-refractivity contribution in [2.75, 3.05) is 0 Å². The molecule has 0 bridgehead atoms. The summed E-state index contributed by atoms with van der Waals surface area (Å²) in [4.78, 5) is 0. The van der Waals surface area contributed by atoms with Crippen molar-refractivity contribution < 1.29 is 0 Å². The van der Waals surface area contributed by atoms with Gasteiger partial charge in [-0.1, -0.05) is 113 Å². The fourth-order valence-electron chi connectivity index (χ4n) is 1.93. The zero-order valence-electron chi connectivity index (χ0n) is 13.6. The van der Waals surface area contributed by atoms with Gasteiger partial charge < -0.3 is 0 Å². The second-order valence-electron chi connectivity index (χ2n) is 5.69. The Kier molecular flexibility index (Phi) is 8.95. The molecule has 2 aromatic carbocycles. The highest BCUT2D eigenvalue weighted by molar-refractivity contribution is 5.69. The van der Waals surface area contributed by atoms with E-state index >= 15 is 0 Å². The summed E-state index contributed by atoms with van der Waals surface area (Å²) in [7, 11) is 0. The summed E-state index contributed by atoms with van der Waals surface area (Å²) in [6.45, 7) is 6.79. The molecule has 0 aliphatic carbocycles. The molecule has 0 unspecified atom stereocenters. The van der Waals surface area contributed by atoms with Gasteiger partial charge in [0.25, 0.3) is 0 Å². The van der Waals surface area contributed by atoms with E-state index in [-0.39, 0.29) is 0 Å². The van der Waals surface area contributed by atoms with Gasteiger partial charge in [-0.15, -0.1) is 0 Å². The van der Waals surface area contributed by atoms with E-state index in [1.807, 2.05) is 36.4 Å². The highest BCUT2D eigenvalue weighted by atomic mass is 13.9. The van der Waals surface area contributed by atoms with Gasteiger partial charge in [-0.25, -0.2) is 0 Å². The van der Waals surface area contributed by atoms with Crippen molar-refractivity contribution in [3.8, 4) is 0 Å². The van der Waals surface area contributed by atoms with Crippen molar-refractivity contribution in [1.29, 1.82) is 0 Å². The van der Waals surface area contributed by atoms with Crippen molar-refractivity contribution in [3.63, 3.8) is 0 Å². The summed E-state index contributed by atoms with van der Waals surface area (Å²) in [6, 6.07) is 20.6. The van der Waals surface area contributed by atoms with Crippen molar-refractivity contribution in [2.24, 2.45) is 5.92 Å². The van der Waals surface area contributed by atoms with E-state index in [1.54, 1.807) is 0 Å². The molecule has 0 amide bonds. The van der Waals surface area contributed by atoms with Crippen LogP contribution in [0, 0.1) is 5.92 Å². The highest BCUT2D eigenvalue weighted by Crippen LogP contribution is 2.07. The van der Waals surface area contributed by atoms with E-state index in [4.69, 9.17) is 0 Å². The minimum atomic E-state index is 0.903. The van der Waals surface area contributed by atoms with Crippen LogP contribution in [0.1, 0.15) is 51.2 Å². The van der Waals surface area contributed by atoms with E-state index < -0.39 is 0 Å². The molecule has 0 nitrogen and oxygen atoms in total. The van der Waals surface area contributed by atoms with Gasteiger partial charge in [-0.3, -0.25) is 0 Å². The lowest BCUT2D eigenvalue weighted by molar-refractivity contribution is 0.550. The summed E-state index contributed by atoms with van der Waals surface area (Å²) in [5.41, 5.74) is 2.47.